The van der Waals surface area contributed by atoms with Crippen LogP contribution >= 0.6 is 11.3 Å². The third-order valence-electron chi connectivity index (χ3n) is 1.69. The van der Waals surface area contributed by atoms with Crippen LogP contribution in [-0.2, 0) is 4.79 Å². The Balaban J connectivity index is 2.66. The molecule has 2 heterocycles. The van der Waals surface area contributed by atoms with Gasteiger partial charge in [-0.1, -0.05) is 11.3 Å². The summed E-state index contributed by atoms with van der Waals surface area (Å²) in [4.78, 5) is 15.2. The van der Waals surface area contributed by atoms with Gasteiger partial charge < -0.3 is 11.1 Å². The number of nitrogens with one attached hydrogen (secondary N) is 1. The van der Waals surface area contributed by atoms with Gasteiger partial charge in [-0.3, -0.25) is 4.79 Å². The molecule has 2 rings (SSSR count). The third kappa shape index (κ3) is 1.23. The van der Waals surface area contributed by atoms with Crippen LogP contribution in [0, 0.1) is 0 Å². The quantitative estimate of drug-likeness (QED) is 0.709. The van der Waals surface area contributed by atoms with Gasteiger partial charge in [-0.15, -0.1) is 0 Å². The molecule has 0 atom stereocenters. The summed E-state index contributed by atoms with van der Waals surface area (Å²) >= 11 is 1.37. The molecule has 0 fully saturated rings. The van der Waals surface area contributed by atoms with Crippen molar-refractivity contribution in [2.75, 3.05) is 11.1 Å². The number of fused-ring (bicyclic) bond motifs is 1. The Morgan fingerprint density at radius 1 is 1.62 bits per heavy atom. The predicted octanol–water partition coefficient (Wildman–Crippen LogP) is 1.45. The summed E-state index contributed by atoms with van der Waals surface area (Å²) in [6.45, 7) is 0. The number of carbonyl (C=O) groups excluding carboxylic acids is 1. The van der Waals surface area contributed by atoms with Crippen LogP contribution in [0.3, 0.4) is 0 Å². The average molecular weight is 193 g/mol. The standard InChI is InChI=1S/C8H7N3OS/c9-6-5-2-1-3-10-7(5)13-8(6)11-4-12/h1-4H,9H2,(H,11,12). The van der Waals surface area contributed by atoms with Crippen LogP contribution in [0.25, 0.3) is 10.2 Å². The van der Waals surface area contributed by atoms with E-state index in [9.17, 15) is 4.79 Å². The van der Waals surface area contributed by atoms with Crippen molar-refractivity contribution in [2.24, 2.45) is 0 Å². The molecule has 0 saturated carbocycles. The highest BCUT2D eigenvalue weighted by Gasteiger charge is 2.07. The Bertz CT molecular complexity index is 452. The van der Waals surface area contributed by atoms with E-state index in [1.165, 1.54) is 11.3 Å². The molecule has 2 aromatic rings. The minimum Gasteiger partial charge on any atom is -0.396 e. The monoisotopic (exact) mass is 193 g/mol. The normalized spacial score (nSPS) is 10.2. The van der Waals surface area contributed by atoms with Gasteiger partial charge in [-0.05, 0) is 12.1 Å². The number of hydrogen-bond donors (Lipinski definition) is 2. The number of aromatic nitrogens is 1. The second-order valence-corrected chi connectivity index (χ2v) is 3.46. The molecule has 66 valence electrons. The number of hydrogen-bond acceptors (Lipinski definition) is 4. The van der Waals surface area contributed by atoms with Crippen LogP contribution in [0.15, 0.2) is 18.3 Å². The van der Waals surface area contributed by atoms with Crippen molar-refractivity contribution in [3.63, 3.8) is 0 Å². The van der Waals surface area contributed by atoms with Gasteiger partial charge in [-0.2, -0.15) is 0 Å². The molecule has 4 nitrogen and oxygen atoms in total. The maximum atomic E-state index is 10.2. The number of carbonyl (C=O) groups is 1. The highest BCUT2D eigenvalue weighted by Crippen LogP contribution is 2.35. The number of nitrogens with two attached hydrogens (primary N) is 1. The van der Waals surface area contributed by atoms with E-state index in [1.54, 1.807) is 6.20 Å². The first-order valence-corrected chi connectivity index (χ1v) is 4.47. The Morgan fingerprint density at radius 3 is 3.15 bits per heavy atom. The summed E-state index contributed by atoms with van der Waals surface area (Å²) in [7, 11) is 0. The molecule has 0 unspecified atom stereocenters. The summed E-state index contributed by atoms with van der Waals surface area (Å²) in [5, 5.41) is 4.08. The van der Waals surface area contributed by atoms with E-state index in [-0.39, 0.29) is 0 Å². The van der Waals surface area contributed by atoms with Gasteiger partial charge in [0.05, 0.1) is 5.69 Å². The zero-order valence-corrected chi connectivity index (χ0v) is 7.47. The molecule has 0 bridgehead atoms. The zero-order valence-electron chi connectivity index (χ0n) is 6.65. The highest BCUT2D eigenvalue weighted by atomic mass is 32.1. The minimum absolute atomic E-state index is 0.584. The van der Waals surface area contributed by atoms with E-state index in [4.69, 9.17) is 5.73 Å². The lowest BCUT2D eigenvalue weighted by Gasteiger charge is -1.93. The van der Waals surface area contributed by atoms with Crippen LogP contribution in [0.5, 0.6) is 0 Å². The van der Waals surface area contributed by atoms with Gasteiger partial charge >= 0.3 is 0 Å². The summed E-state index contributed by atoms with van der Waals surface area (Å²) in [6, 6.07) is 3.69. The van der Waals surface area contributed by atoms with Gasteiger partial charge in [0.1, 0.15) is 9.83 Å². The van der Waals surface area contributed by atoms with Crippen LogP contribution in [-0.4, -0.2) is 11.4 Å². The molecule has 1 amide bonds. The van der Waals surface area contributed by atoms with Crippen LogP contribution in [0.2, 0.25) is 0 Å². The lowest BCUT2D eigenvalue weighted by molar-refractivity contribution is -0.105. The molecular weight excluding hydrogens is 186 g/mol. The van der Waals surface area contributed by atoms with Crippen molar-refractivity contribution in [1.29, 1.82) is 0 Å². The highest BCUT2D eigenvalue weighted by molar-refractivity contribution is 7.23. The minimum atomic E-state index is 0.584. The molecule has 0 aliphatic rings. The van der Waals surface area contributed by atoms with Crippen molar-refractivity contribution >= 4 is 38.7 Å². The largest absolute Gasteiger partial charge is 0.396 e. The van der Waals surface area contributed by atoms with Crippen molar-refractivity contribution in [3.05, 3.63) is 18.3 Å². The van der Waals surface area contributed by atoms with E-state index in [0.29, 0.717) is 17.1 Å². The number of nitrogen functional groups attached to an aromatic ring is 1. The molecule has 0 saturated heterocycles. The Kier molecular flexibility index (Phi) is 1.86. The molecule has 0 aliphatic heterocycles. The van der Waals surface area contributed by atoms with Crippen LogP contribution in [0.4, 0.5) is 10.7 Å². The number of pyridine rings is 1. The summed E-state index contributed by atoms with van der Waals surface area (Å²) in [5.74, 6) is 0. The van der Waals surface area contributed by atoms with Gasteiger partial charge in [0, 0.05) is 11.6 Å². The number of anilines is 2. The maximum Gasteiger partial charge on any atom is 0.212 e. The van der Waals surface area contributed by atoms with Crippen LogP contribution < -0.4 is 11.1 Å². The van der Waals surface area contributed by atoms with Crippen molar-refractivity contribution in [1.82, 2.24) is 4.98 Å². The molecule has 2 aromatic heterocycles. The van der Waals surface area contributed by atoms with Gasteiger partial charge in [-0.25, -0.2) is 4.98 Å². The first-order valence-electron chi connectivity index (χ1n) is 3.66. The molecule has 0 spiro atoms. The van der Waals surface area contributed by atoms with E-state index in [1.807, 2.05) is 12.1 Å². The first kappa shape index (κ1) is 8.00. The van der Waals surface area contributed by atoms with Crippen molar-refractivity contribution in [2.45, 2.75) is 0 Å². The first-order chi connectivity index (χ1) is 6.33. The Labute approximate surface area is 78.4 Å². The maximum absolute atomic E-state index is 10.2. The Hall–Kier alpha value is -1.62. The van der Waals surface area contributed by atoms with Crippen molar-refractivity contribution < 1.29 is 4.79 Å². The molecular formula is C8H7N3OS. The summed E-state index contributed by atoms with van der Waals surface area (Å²) in [5.41, 5.74) is 6.36. The topological polar surface area (TPSA) is 68.0 Å². The smallest absolute Gasteiger partial charge is 0.212 e. The fourth-order valence-electron chi connectivity index (χ4n) is 1.11. The van der Waals surface area contributed by atoms with E-state index in [2.05, 4.69) is 10.3 Å². The second-order valence-electron chi connectivity index (χ2n) is 2.46. The number of rotatable bonds is 2. The molecule has 5 heteroatoms. The second kappa shape index (κ2) is 3.02. The number of amides is 1. The molecule has 0 aromatic carbocycles. The lowest BCUT2D eigenvalue weighted by Crippen LogP contribution is -1.94. The zero-order chi connectivity index (χ0) is 9.26. The SMILES string of the molecule is Nc1c(NC=O)sc2ncccc12. The molecule has 0 aliphatic carbocycles. The average Bonchev–Trinajstić information content (AvgIpc) is 2.46. The van der Waals surface area contributed by atoms with Gasteiger partial charge in [0.2, 0.25) is 6.41 Å². The summed E-state index contributed by atoms with van der Waals surface area (Å²) in [6.07, 6.45) is 2.31. The van der Waals surface area contributed by atoms with E-state index in [0.717, 1.165) is 10.2 Å². The summed E-state index contributed by atoms with van der Waals surface area (Å²) < 4.78 is 0. The number of nitrogens with zero attached hydrogens (tertiary/aromatic N) is 1. The lowest BCUT2D eigenvalue weighted by atomic mass is 10.3. The molecule has 3 N–H and O–H groups in total. The molecule has 13 heavy (non-hydrogen) atoms. The van der Waals surface area contributed by atoms with Crippen molar-refractivity contribution in [3.8, 4) is 0 Å². The number of thiophene rings is 1. The third-order valence-corrected chi connectivity index (χ3v) is 2.76. The van der Waals surface area contributed by atoms with Crippen LogP contribution in [0.1, 0.15) is 0 Å². The predicted molar refractivity (Wildman–Crippen MR) is 53.7 cm³/mol. The Morgan fingerprint density at radius 2 is 2.46 bits per heavy atom. The molecule has 0 radical (unpaired) electrons. The van der Waals surface area contributed by atoms with E-state index >= 15 is 0 Å². The van der Waals surface area contributed by atoms with Gasteiger partial charge in [0.15, 0.2) is 0 Å². The fraction of sp³-hybridized carbons (Fsp3) is 0. The van der Waals surface area contributed by atoms with Gasteiger partial charge in [0.25, 0.3) is 0 Å². The van der Waals surface area contributed by atoms with E-state index < -0.39 is 0 Å². The fourth-order valence-corrected chi connectivity index (χ4v) is 2.03.